The van der Waals surface area contributed by atoms with Crippen LogP contribution in [0.25, 0.3) is 0 Å². The molecule has 1 N–H and O–H groups in total. The molecule has 1 amide bonds. The SMILES string of the molecule is CC(C)(C(=O)NCC(c1ccc(C(F)(F)F)cc1)N1CCOCC1)c1ccc(F)cc1. The van der Waals surface area contributed by atoms with Gasteiger partial charge in [0.05, 0.1) is 30.2 Å². The van der Waals surface area contributed by atoms with Gasteiger partial charge in [-0.15, -0.1) is 0 Å². The maximum Gasteiger partial charge on any atom is 0.416 e. The Morgan fingerprint density at radius 1 is 1.00 bits per heavy atom. The summed E-state index contributed by atoms with van der Waals surface area (Å²) in [6, 6.07) is 10.5. The Morgan fingerprint density at radius 2 is 1.55 bits per heavy atom. The van der Waals surface area contributed by atoms with E-state index in [0.717, 1.165) is 12.1 Å². The van der Waals surface area contributed by atoms with Crippen molar-refractivity contribution < 1.29 is 27.1 Å². The van der Waals surface area contributed by atoms with Gasteiger partial charge in [-0.05, 0) is 49.2 Å². The fourth-order valence-electron chi connectivity index (χ4n) is 3.65. The summed E-state index contributed by atoms with van der Waals surface area (Å²) in [4.78, 5) is 15.1. The van der Waals surface area contributed by atoms with Crippen molar-refractivity contribution in [3.05, 3.63) is 71.0 Å². The maximum atomic E-state index is 13.2. The number of morpholine rings is 1. The minimum absolute atomic E-state index is 0.231. The van der Waals surface area contributed by atoms with Crippen LogP contribution in [0.4, 0.5) is 17.6 Å². The van der Waals surface area contributed by atoms with Crippen LogP contribution in [0.15, 0.2) is 48.5 Å². The summed E-state index contributed by atoms with van der Waals surface area (Å²) < 4.78 is 57.4. The van der Waals surface area contributed by atoms with Gasteiger partial charge in [0.25, 0.3) is 0 Å². The van der Waals surface area contributed by atoms with Gasteiger partial charge in [0.15, 0.2) is 0 Å². The zero-order valence-corrected chi connectivity index (χ0v) is 17.5. The predicted octanol–water partition coefficient (Wildman–Crippen LogP) is 4.31. The number of hydrogen-bond donors (Lipinski definition) is 1. The van der Waals surface area contributed by atoms with Crippen molar-refractivity contribution >= 4 is 5.91 Å². The molecule has 0 radical (unpaired) electrons. The van der Waals surface area contributed by atoms with Crippen LogP contribution in [0.5, 0.6) is 0 Å². The average Bonchev–Trinajstić information content (AvgIpc) is 2.74. The van der Waals surface area contributed by atoms with Gasteiger partial charge < -0.3 is 10.1 Å². The highest BCUT2D eigenvalue weighted by molar-refractivity contribution is 5.87. The van der Waals surface area contributed by atoms with Crippen molar-refractivity contribution in [1.29, 1.82) is 0 Å². The van der Waals surface area contributed by atoms with Gasteiger partial charge in [-0.25, -0.2) is 4.39 Å². The van der Waals surface area contributed by atoms with E-state index in [1.54, 1.807) is 26.0 Å². The molecule has 0 bridgehead atoms. The first kappa shape index (κ1) is 23.2. The summed E-state index contributed by atoms with van der Waals surface area (Å²) in [5, 5.41) is 2.94. The van der Waals surface area contributed by atoms with Crippen molar-refractivity contribution in [2.24, 2.45) is 0 Å². The van der Waals surface area contributed by atoms with E-state index in [4.69, 9.17) is 4.74 Å². The number of benzene rings is 2. The summed E-state index contributed by atoms with van der Waals surface area (Å²) >= 11 is 0. The lowest BCUT2D eigenvalue weighted by atomic mass is 9.83. The van der Waals surface area contributed by atoms with Gasteiger partial charge in [0.2, 0.25) is 5.91 Å². The van der Waals surface area contributed by atoms with Crippen LogP contribution >= 0.6 is 0 Å². The van der Waals surface area contributed by atoms with E-state index in [9.17, 15) is 22.4 Å². The van der Waals surface area contributed by atoms with Crippen molar-refractivity contribution in [2.45, 2.75) is 31.5 Å². The zero-order valence-electron chi connectivity index (χ0n) is 17.5. The van der Waals surface area contributed by atoms with Crippen LogP contribution in [-0.2, 0) is 21.1 Å². The number of nitrogens with zero attached hydrogens (tertiary/aromatic N) is 1. The minimum Gasteiger partial charge on any atom is -0.379 e. The van der Waals surface area contributed by atoms with Crippen molar-refractivity contribution in [1.82, 2.24) is 10.2 Å². The van der Waals surface area contributed by atoms with Gasteiger partial charge in [0.1, 0.15) is 5.82 Å². The number of hydrogen-bond acceptors (Lipinski definition) is 3. The fraction of sp³-hybridized carbons (Fsp3) is 0.435. The Bertz CT molecular complexity index is 874. The average molecular weight is 438 g/mol. The standard InChI is InChI=1S/C23H26F4N2O2/c1-22(2,17-7-9-19(24)10-8-17)21(30)28-15-20(29-11-13-31-14-12-29)16-3-5-18(6-4-16)23(25,26)27/h3-10,20H,11-15H2,1-2H3,(H,28,30). The molecule has 0 aliphatic carbocycles. The van der Waals surface area contributed by atoms with Gasteiger partial charge in [-0.1, -0.05) is 24.3 Å². The van der Waals surface area contributed by atoms with E-state index < -0.39 is 17.2 Å². The van der Waals surface area contributed by atoms with Gasteiger partial charge in [0, 0.05) is 19.6 Å². The fourth-order valence-corrected chi connectivity index (χ4v) is 3.65. The van der Waals surface area contributed by atoms with Gasteiger partial charge in [-0.2, -0.15) is 13.2 Å². The predicted molar refractivity (Wildman–Crippen MR) is 109 cm³/mol. The molecule has 168 valence electrons. The maximum absolute atomic E-state index is 13.2. The lowest BCUT2D eigenvalue weighted by molar-refractivity contribution is -0.137. The van der Waals surface area contributed by atoms with Crippen LogP contribution in [0.3, 0.4) is 0 Å². The zero-order chi connectivity index (χ0) is 22.6. The van der Waals surface area contributed by atoms with Crippen molar-refractivity contribution in [3.8, 4) is 0 Å². The summed E-state index contributed by atoms with van der Waals surface area (Å²) in [5.74, 6) is -0.626. The Morgan fingerprint density at radius 3 is 2.10 bits per heavy atom. The van der Waals surface area contributed by atoms with E-state index >= 15 is 0 Å². The normalized spacial score (nSPS) is 16.7. The molecule has 2 aromatic carbocycles. The third kappa shape index (κ3) is 5.62. The molecule has 1 heterocycles. The van der Waals surface area contributed by atoms with Gasteiger partial charge >= 0.3 is 6.18 Å². The molecule has 1 saturated heterocycles. The van der Waals surface area contributed by atoms with Crippen LogP contribution in [-0.4, -0.2) is 43.7 Å². The smallest absolute Gasteiger partial charge is 0.379 e. The van der Waals surface area contributed by atoms with E-state index in [1.165, 1.54) is 24.3 Å². The molecule has 4 nitrogen and oxygen atoms in total. The molecule has 3 rings (SSSR count). The molecule has 1 fully saturated rings. The van der Waals surface area contributed by atoms with Crippen molar-refractivity contribution in [2.75, 3.05) is 32.8 Å². The molecule has 1 unspecified atom stereocenters. The Hall–Kier alpha value is -2.45. The number of ether oxygens (including phenoxy) is 1. The quantitative estimate of drug-likeness (QED) is 0.684. The molecule has 8 heteroatoms. The van der Waals surface area contributed by atoms with Crippen LogP contribution in [0.1, 0.15) is 36.6 Å². The molecule has 0 spiro atoms. The van der Waals surface area contributed by atoms with E-state index in [-0.39, 0.29) is 24.3 Å². The van der Waals surface area contributed by atoms with E-state index in [1.807, 2.05) is 0 Å². The van der Waals surface area contributed by atoms with Crippen LogP contribution in [0, 0.1) is 5.82 Å². The molecular weight excluding hydrogens is 412 g/mol. The largest absolute Gasteiger partial charge is 0.416 e. The Labute approximate surface area is 179 Å². The number of halogens is 4. The lowest BCUT2D eigenvalue weighted by Gasteiger charge is -2.36. The number of nitrogens with one attached hydrogen (secondary N) is 1. The molecule has 31 heavy (non-hydrogen) atoms. The number of amides is 1. The lowest BCUT2D eigenvalue weighted by Crippen LogP contribution is -2.47. The molecule has 1 aliphatic rings. The molecule has 0 aromatic heterocycles. The van der Waals surface area contributed by atoms with Gasteiger partial charge in [-0.3, -0.25) is 9.69 Å². The molecule has 1 atom stereocenters. The number of rotatable bonds is 6. The third-order valence-electron chi connectivity index (χ3n) is 5.70. The third-order valence-corrected chi connectivity index (χ3v) is 5.70. The second kappa shape index (κ2) is 9.36. The highest BCUT2D eigenvalue weighted by Crippen LogP contribution is 2.31. The first-order valence-electron chi connectivity index (χ1n) is 10.1. The second-order valence-electron chi connectivity index (χ2n) is 8.13. The van der Waals surface area contributed by atoms with Crippen LogP contribution in [0.2, 0.25) is 0 Å². The Kier molecular flexibility index (Phi) is 7.01. The molecule has 0 saturated carbocycles. The molecular formula is C23H26F4N2O2. The first-order chi connectivity index (χ1) is 14.6. The summed E-state index contributed by atoms with van der Waals surface area (Å²) in [7, 11) is 0. The number of carbonyl (C=O) groups excluding carboxylic acids is 1. The van der Waals surface area contributed by atoms with Crippen molar-refractivity contribution in [3.63, 3.8) is 0 Å². The number of carbonyl (C=O) groups is 1. The second-order valence-corrected chi connectivity index (χ2v) is 8.13. The molecule has 1 aliphatic heterocycles. The minimum atomic E-state index is -4.40. The highest BCUT2D eigenvalue weighted by atomic mass is 19.4. The topological polar surface area (TPSA) is 41.6 Å². The summed E-state index contributed by atoms with van der Waals surface area (Å²) in [6.07, 6.45) is -4.40. The molecule has 2 aromatic rings. The van der Waals surface area contributed by atoms with E-state index in [2.05, 4.69) is 10.2 Å². The number of alkyl halides is 3. The first-order valence-corrected chi connectivity index (χ1v) is 10.1. The summed E-state index contributed by atoms with van der Waals surface area (Å²) in [6.45, 7) is 5.99. The monoisotopic (exact) mass is 438 g/mol. The Balaban J connectivity index is 1.77. The van der Waals surface area contributed by atoms with E-state index in [0.29, 0.717) is 37.4 Å². The van der Waals surface area contributed by atoms with Crippen LogP contribution < -0.4 is 5.32 Å². The summed E-state index contributed by atoms with van der Waals surface area (Å²) in [5.41, 5.74) is -0.249. The highest BCUT2D eigenvalue weighted by Gasteiger charge is 2.33.